The topological polar surface area (TPSA) is 45.7 Å². The lowest BCUT2D eigenvalue weighted by Gasteiger charge is -2.40. The van der Waals surface area contributed by atoms with E-state index in [9.17, 15) is 4.79 Å². The van der Waals surface area contributed by atoms with Crippen molar-refractivity contribution in [3.05, 3.63) is 42.2 Å². The number of hydrogen-bond acceptors (Lipinski definition) is 4. The number of pyridine rings is 1. The highest BCUT2D eigenvalue weighted by molar-refractivity contribution is 6.31. The van der Waals surface area contributed by atoms with Crippen LogP contribution >= 0.6 is 0 Å². The monoisotopic (exact) mass is 449 g/mol. The third-order valence-corrected chi connectivity index (χ3v) is 7.73. The van der Waals surface area contributed by atoms with Crippen LogP contribution in [0.4, 0.5) is 11.4 Å². The summed E-state index contributed by atoms with van der Waals surface area (Å²) in [4.78, 5) is 20.9. The molecule has 6 heteroatoms. The zero-order chi connectivity index (χ0) is 23.1. The Morgan fingerprint density at radius 1 is 1.06 bits per heavy atom. The molecule has 1 aromatic carbocycles. The summed E-state index contributed by atoms with van der Waals surface area (Å²) in [6.45, 7) is 12.2. The van der Waals surface area contributed by atoms with Crippen molar-refractivity contribution in [1.29, 1.82) is 0 Å². The van der Waals surface area contributed by atoms with Gasteiger partial charge in [-0.05, 0) is 67.5 Å². The van der Waals surface area contributed by atoms with Gasteiger partial charge in [-0.15, -0.1) is 0 Å². The number of rotatable bonds is 5. The van der Waals surface area contributed by atoms with Gasteiger partial charge in [-0.1, -0.05) is 26.8 Å². The SMILES string of the molecule is CN1C(=O)CCc2cc(-c3cncc(N4CCC[C@H]4C(C)(C)O[Si]C(C)(C)C)c3)ccc21. The van der Waals surface area contributed by atoms with Crippen LogP contribution in [0.25, 0.3) is 11.1 Å². The maximum atomic E-state index is 12.0. The molecule has 2 radical (unpaired) electrons. The normalized spacial score (nSPS) is 19.4. The van der Waals surface area contributed by atoms with Crippen molar-refractivity contribution in [2.75, 3.05) is 23.4 Å². The van der Waals surface area contributed by atoms with Gasteiger partial charge in [0.15, 0.2) is 0 Å². The van der Waals surface area contributed by atoms with E-state index >= 15 is 0 Å². The number of fused-ring (bicyclic) bond motifs is 1. The summed E-state index contributed by atoms with van der Waals surface area (Å²) < 4.78 is 6.46. The minimum Gasteiger partial charge on any atom is -0.410 e. The Kier molecular flexibility index (Phi) is 6.20. The highest BCUT2D eigenvalue weighted by Gasteiger charge is 2.39. The van der Waals surface area contributed by atoms with Crippen molar-refractivity contribution in [2.45, 2.75) is 77.0 Å². The Bertz CT molecular complexity index is 999. The van der Waals surface area contributed by atoms with Gasteiger partial charge in [-0.3, -0.25) is 9.78 Å². The lowest BCUT2D eigenvalue weighted by molar-refractivity contribution is -0.118. The van der Waals surface area contributed by atoms with Gasteiger partial charge in [-0.2, -0.15) is 0 Å². The van der Waals surface area contributed by atoms with Crippen LogP contribution in [0.3, 0.4) is 0 Å². The van der Waals surface area contributed by atoms with Gasteiger partial charge >= 0.3 is 0 Å². The summed E-state index contributed by atoms with van der Waals surface area (Å²) in [6.07, 6.45) is 7.59. The van der Waals surface area contributed by atoms with E-state index in [1.165, 1.54) is 12.0 Å². The van der Waals surface area contributed by atoms with Gasteiger partial charge in [0.05, 0.1) is 23.5 Å². The van der Waals surface area contributed by atoms with E-state index in [0.29, 0.717) is 22.2 Å². The van der Waals surface area contributed by atoms with Crippen LogP contribution in [-0.4, -0.2) is 45.9 Å². The first-order valence-corrected chi connectivity index (χ1v) is 12.5. The summed E-state index contributed by atoms with van der Waals surface area (Å²) in [5, 5.41) is 0.174. The first kappa shape index (κ1) is 23.0. The molecule has 1 amide bonds. The molecular formula is C26H35N3O2Si. The van der Waals surface area contributed by atoms with E-state index in [1.807, 2.05) is 19.4 Å². The van der Waals surface area contributed by atoms with Crippen LogP contribution in [0.5, 0.6) is 0 Å². The van der Waals surface area contributed by atoms with Crippen molar-refractivity contribution in [1.82, 2.24) is 4.98 Å². The Morgan fingerprint density at radius 3 is 2.59 bits per heavy atom. The van der Waals surface area contributed by atoms with Gasteiger partial charge in [0, 0.05) is 37.5 Å². The Morgan fingerprint density at radius 2 is 1.84 bits per heavy atom. The second-order valence-electron chi connectivity index (χ2n) is 10.6. The van der Waals surface area contributed by atoms with Crippen molar-refractivity contribution >= 4 is 27.0 Å². The van der Waals surface area contributed by atoms with Crippen LogP contribution in [0.2, 0.25) is 5.04 Å². The molecule has 4 rings (SSSR count). The third kappa shape index (κ3) is 4.76. The fourth-order valence-corrected chi connectivity index (χ4v) is 5.44. The zero-order valence-corrected chi connectivity index (χ0v) is 21.2. The number of carbonyl (C=O) groups excluding carboxylic acids is 1. The molecule has 0 unspecified atom stereocenters. The van der Waals surface area contributed by atoms with E-state index in [2.05, 4.69) is 68.8 Å². The molecule has 3 heterocycles. The van der Waals surface area contributed by atoms with E-state index in [1.54, 1.807) is 4.90 Å². The summed E-state index contributed by atoms with van der Waals surface area (Å²) >= 11 is 0. The molecule has 1 aromatic heterocycles. The molecule has 1 saturated heterocycles. The average Bonchev–Trinajstić information content (AvgIpc) is 3.26. The maximum absolute atomic E-state index is 12.0. The minimum atomic E-state index is -0.221. The van der Waals surface area contributed by atoms with Crippen molar-refractivity contribution < 1.29 is 9.22 Å². The smallest absolute Gasteiger partial charge is 0.236 e. The quantitative estimate of drug-likeness (QED) is 0.584. The lowest BCUT2D eigenvalue weighted by Crippen LogP contribution is -2.49. The van der Waals surface area contributed by atoms with E-state index in [4.69, 9.17) is 4.43 Å². The second-order valence-corrected chi connectivity index (χ2v) is 12.5. The zero-order valence-electron chi connectivity index (χ0n) is 20.2. The van der Waals surface area contributed by atoms with Gasteiger partial charge in [0.2, 0.25) is 15.7 Å². The maximum Gasteiger partial charge on any atom is 0.236 e. The van der Waals surface area contributed by atoms with Gasteiger partial charge < -0.3 is 14.2 Å². The molecule has 2 aromatic rings. The second kappa shape index (κ2) is 8.63. The summed E-state index contributed by atoms with van der Waals surface area (Å²) in [5.74, 6) is 0.186. The van der Waals surface area contributed by atoms with Crippen LogP contribution in [0, 0.1) is 0 Å². The molecule has 170 valence electrons. The minimum absolute atomic E-state index is 0.174. The predicted molar refractivity (Wildman–Crippen MR) is 132 cm³/mol. The molecule has 0 saturated carbocycles. The Labute approximate surface area is 195 Å². The van der Waals surface area contributed by atoms with E-state index < -0.39 is 0 Å². The van der Waals surface area contributed by atoms with E-state index in [-0.39, 0.29) is 16.5 Å². The number of anilines is 2. The van der Waals surface area contributed by atoms with Crippen molar-refractivity contribution in [3.8, 4) is 11.1 Å². The molecule has 0 aliphatic carbocycles. The third-order valence-electron chi connectivity index (χ3n) is 6.49. The Hall–Kier alpha value is -2.18. The summed E-state index contributed by atoms with van der Waals surface area (Å²) in [5.41, 5.74) is 5.46. The lowest BCUT2D eigenvalue weighted by atomic mass is 9.95. The number of benzene rings is 1. The largest absolute Gasteiger partial charge is 0.410 e. The first-order valence-electron chi connectivity index (χ1n) is 11.6. The van der Waals surface area contributed by atoms with Gasteiger partial charge in [0.1, 0.15) is 0 Å². The standard InChI is InChI=1S/C26H35N3O2Si/c1-25(2,3)32-31-26(4,5)23-8-7-13-29(23)21-15-20(16-27-17-21)18-9-11-22-19(14-18)10-12-24(30)28(22)6/h9,11,14-17,23H,7-8,10,12-13H2,1-6H3/t23-/m0/s1. The Balaban J connectivity index is 1.58. The summed E-state index contributed by atoms with van der Waals surface area (Å²) in [6, 6.07) is 8.98. The number of hydrogen-bond donors (Lipinski definition) is 0. The molecule has 0 N–H and O–H groups in total. The molecule has 2 aliphatic heterocycles. The van der Waals surface area contributed by atoms with Crippen molar-refractivity contribution in [2.24, 2.45) is 0 Å². The summed E-state index contributed by atoms with van der Waals surface area (Å²) in [7, 11) is 2.33. The molecule has 32 heavy (non-hydrogen) atoms. The molecule has 0 bridgehead atoms. The fraction of sp³-hybridized carbons (Fsp3) is 0.538. The molecule has 0 spiro atoms. The number of aromatic nitrogens is 1. The molecular weight excluding hydrogens is 414 g/mol. The molecule has 1 atom stereocenters. The number of amides is 1. The average molecular weight is 450 g/mol. The highest BCUT2D eigenvalue weighted by Crippen LogP contribution is 2.37. The number of carbonyl (C=O) groups is 1. The van der Waals surface area contributed by atoms with Crippen LogP contribution in [-0.2, 0) is 15.6 Å². The number of aryl methyl sites for hydroxylation is 1. The van der Waals surface area contributed by atoms with Crippen LogP contribution < -0.4 is 9.80 Å². The van der Waals surface area contributed by atoms with Crippen molar-refractivity contribution in [3.63, 3.8) is 0 Å². The highest BCUT2D eigenvalue weighted by atomic mass is 28.2. The van der Waals surface area contributed by atoms with Gasteiger partial charge in [0.25, 0.3) is 0 Å². The molecule has 2 aliphatic rings. The fourth-order valence-electron chi connectivity index (χ4n) is 4.73. The molecule has 1 fully saturated rings. The van der Waals surface area contributed by atoms with Gasteiger partial charge in [-0.25, -0.2) is 0 Å². The van der Waals surface area contributed by atoms with E-state index in [0.717, 1.165) is 41.9 Å². The first-order chi connectivity index (χ1) is 15.0. The molecule has 5 nitrogen and oxygen atoms in total. The van der Waals surface area contributed by atoms with Crippen LogP contribution in [0.15, 0.2) is 36.7 Å². The van der Waals surface area contributed by atoms with Crippen LogP contribution in [0.1, 0.15) is 59.4 Å². The predicted octanol–water partition coefficient (Wildman–Crippen LogP) is 5.26. The number of nitrogens with zero attached hydrogens (tertiary/aromatic N) is 3.